The maximum atomic E-state index is 10.7. The third kappa shape index (κ3) is 2.89. The van der Waals surface area contributed by atoms with Crippen LogP contribution in [0.25, 0.3) is 0 Å². The van der Waals surface area contributed by atoms with Gasteiger partial charge in [0.25, 0.3) is 5.69 Å². The molecule has 0 amide bonds. The molecule has 0 aliphatic carbocycles. The van der Waals surface area contributed by atoms with Gasteiger partial charge >= 0.3 is 0 Å². The Hall–Kier alpha value is -1.32. The standard InChI is InChI=1S/C16H22BNO2/c19-18(20)16-9-7-13(8-10-16)11-12-17-14-3-1-4-15(17)6-2-5-14/h7-10,14-15H,1-6,11-12H2. The van der Waals surface area contributed by atoms with Crippen molar-refractivity contribution in [3.05, 3.63) is 39.9 Å². The van der Waals surface area contributed by atoms with Crippen molar-refractivity contribution in [1.82, 2.24) is 0 Å². The number of hydrogen-bond acceptors (Lipinski definition) is 2. The normalized spacial score (nSPS) is 25.5. The van der Waals surface area contributed by atoms with Crippen LogP contribution >= 0.6 is 0 Å². The predicted octanol–water partition coefficient (Wildman–Crippen LogP) is 4.74. The van der Waals surface area contributed by atoms with Gasteiger partial charge in [-0.2, -0.15) is 0 Å². The molecule has 20 heavy (non-hydrogen) atoms. The molecule has 0 aromatic heterocycles. The first-order valence-electron chi connectivity index (χ1n) is 7.97. The first-order chi connectivity index (χ1) is 9.74. The van der Waals surface area contributed by atoms with Gasteiger partial charge in [0.15, 0.2) is 0 Å². The van der Waals surface area contributed by atoms with E-state index >= 15 is 0 Å². The van der Waals surface area contributed by atoms with Gasteiger partial charge in [-0.1, -0.05) is 68.6 Å². The smallest absolute Gasteiger partial charge is 0.258 e. The van der Waals surface area contributed by atoms with E-state index in [4.69, 9.17) is 0 Å². The average molecular weight is 271 g/mol. The third-order valence-corrected chi connectivity index (χ3v) is 5.42. The Morgan fingerprint density at radius 1 is 1.05 bits per heavy atom. The van der Waals surface area contributed by atoms with Gasteiger partial charge in [0.1, 0.15) is 6.71 Å². The molecule has 4 heteroatoms. The summed E-state index contributed by atoms with van der Waals surface area (Å²) < 4.78 is 0. The quantitative estimate of drug-likeness (QED) is 0.451. The van der Waals surface area contributed by atoms with Gasteiger partial charge in [-0.3, -0.25) is 10.1 Å². The number of nitrogens with zero attached hydrogens (tertiary/aromatic N) is 1. The molecule has 0 radical (unpaired) electrons. The number of rotatable bonds is 4. The van der Waals surface area contributed by atoms with Gasteiger partial charge in [-0.25, -0.2) is 0 Å². The van der Waals surface area contributed by atoms with Crippen LogP contribution in [0.1, 0.15) is 44.1 Å². The second-order valence-electron chi connectivity index (χ2n) is 6.51. The van der Waals surface area contributed by atoms with E-state index in [1.807, 2.05) is 12.1 Å². The Kier molecular flexibility index (Phi) is 4.09. The first kappa shape index (κ1) is 13.7. The minimum absolute atomic E-state index is 0.197. The van der Waals surface area contributed by atoms with E-state index in [9.17, 15) is 10.1 Å². The van der Waals surface area contributed by atoms with E-state index in [0.717, 1.165) is 24.8 Å². The second-order valence-corrected chi connectivity index (χ2v) is 6.51. The molecule has 1 aromatic carbocycles. The van der Waals surface area contributed by atoms with Gasteiger partial charge in [0.2, 0.25) is 0 Å². The van der Waals surface area contributed by atoms with Crippen LogP contribution in [0.5, 0.6) is 0 Å². The Morgan fingerprint density at radius 2 is 1.60 bits per heavy atom. The summed E-state index contributed by atoms with van der Waals surface area (Å²) in [5, 5.41) is 10.7. The maximum absolute atomic E-state index is 10.7. The van der Waals surface area contributed by atoms with Crippen molar-refractivity contribution in [3.63, 3.8) is 0 Å². The molecule has 106 valence electrons. The Morgan fingerprint density at radius 3 is 2.10 bits per heavy atom. The van der Waals surface area contributed by atoms with E-state index in [0.29, 0.717) is 0 Å². The lowest BCUT2D eigenvalue weighted by atomic mass is 9.25. The summed E-state index contributed by atoms with van der Waals surface area (Å²) in [6.45, 7) is 0.910. The van der Waals surface area contributed by atoms with Crippen molar-refractivity contribution in [2.45, 2.75) is 62.9 Å². The van der Waals surface area contributed by atoms with Gasteiger partial charge < -0.3 is 0 Å². The van der Waals surface area contributed by atoms with Crippen molar-refractivity contribution in [3.8, 4) is 0 Å². The van der Waals surface area contributed by atoms with Crippen molar-refractivity contribution in [2.24, 2.45) is 0 Å². The summed E-state index contributed by atoms with van der Waals surface area (Å²) in [4.78, 5) is 10.3. The molecule has 0 N–H and O–H groups in total. The molecule has 0 saturated carbocycles. The lowest BCUT2D eigenvalue weighted by Gasteiger charge is -2.40. The molecular weight excluding hydrogens is 249 g/mol. The molecule has 0 atom stereocenters. The fourth-order valence-corrected chi connectivity index (χ4v) is 4.40. The second kappa shape index (κ2) is 5.98. The number of fused-ring (bicyclic) bond motifs is 2. The van der Waals surface area contributed by atoms with Gasteiger partial charge in [0.05, 0.1) is 4.92 Å². The largest absolute Gasteiger partial charge is 0.269 e. The number of nitro benzene ring substituents is 1. The van der Waals surface area contributed by atoms with Crippen LogP contribution < -0.4 is 0 Å². The summed E-state index contributed by atoms with van der Waals surface area (Å²) in [5.41, 5.74) is 1.45. The lowest BCUT2D eigenvalue weighted by molar-refractivity contribution is -0.384. The summed E-state index contributed by atoms with van der Waals surface area (Å²) >= 11 is 0. The van der Waals surface area contributed by atoms with Crippen LogP contribution in [0.2, 0.25) is 18.0 Å². The molecule has 2 saturated heterocycles. The number of nitro groups is 1. The number of non-ortho nitro benzene ring substituents is 1. The summed E-state index contributed by atoms with van der Waals surface area (Å²) in [7, 11) is 0. The van der Waals surface area contributed by atoms with E-state index in [-0.39, 0.29) is 10.6 Å². The average Bonchev–Trinajstić information content (AvgIpc) is 2.45. The van der Waals surface area contributed by atoms with Gasteiger partial charge in [-0.15, -0.1) is 0 Å². The Labute approximate surface area is 121 Å². The molecule has 1 aromatic rings. The molecule has 0 spiro atoms. The fraction of sp³-hybridized carbons (Fsp3) is 0.625. The highest BCUT2D eigenvalue weighted by Crippen LogP contribution is 2.47. The monoisotopic (exact) mass is 271 g/mol. The fourth-order valence-electron chi connectivity index (χ4n) is 4.40. The summed E-state index contributed by atoms with van der Waals surface area (Å²) in [5.74, 6) is 1.92. The van der Waals surface area contributed by atoms with Crippen molar-refractivity contribution >= 4 is 12.4 Å². The molecule has 2 heterocycles. The summed E-state index contributed by atoms with van der Waals surface area (Å²) in [6, 6.07) is 7.13. The number of aryl methyl sites for hydroxylation is 1. The topological polar surface area (TPSA) is 43.1 Å². The minimum atomic E-state index is -0.324. The maximum Gasteiger partial charge on any atom is 0.269 e. The Bertz CT molecular complexity index is 452. The third-order valence-electron chi connectivity index (χ3n) is 5.42. The predicted molar refractivity (Wildman–Crippen MR) is 82.6 cm³/mol. The zero-order chi connectivity index (χ0) is 13.9. The number of hydrogen-bond donors (Lipinski definition) is 0. The first-order valence-corrected chi connectivity index (χ1v) is 7.97. The van der Waals surface area contributed by atoms with E-state index in [2.05, 4.69) is 0 Å². The van der Waals surface area contributed by atoms with Crippen molar-refractivity contribution in [1.29, 1.82) is 0 Å². The van der Waals surface area contributed by atoms with Gasteiger partial charge in [-0.05, 0) is 12.0 Å². The molecule has 3 rings (SSSR count). The minimum Gasteiger partial charge on any atom is -0.258 e. The van der Waals surface area contributed by atoms with Crippen molar-refractivity contribution < 1.29 is 4.92 Å². The highest BCUT2D eigenvalue weighted by atomic mass is 16.6. The van der Waals surface area contributed by atoms with Crippen LogP contribution in [0, 0.1) is 10.1 Å². The van der Waals surface area contributed by atoms with Crippen molar-refractivity contribution in [2.75, 3.05) is 0 Å². The molecule has 2 aliphatic heterocycles. The molecule has 2 fully saturated rings. The molecule has 2 bridgehead atoms. The van der Waals surface area contributed by atoms with Crippen LogP contribution in [-0.2, 0) is 6.42 Å². The highest BCUT2D eigenvalue weighted by Gasteiger charge is 2.38. The Balaban J connectivity index is 1.60. The number of benzene rings is 1. The van der Waals surface area contributed by atoms with Crippen LogP contribution in [0.3, 0.4) is 0 Å². The van der Waals surface area contributed by atoms with Crippen LogP contribution in [0.15, 0.2) is 24.3 Å². The lowest BCUT2D eigenvalue weighted by Crippen LogP contribution is -2.34. The van der Waals surface area contributed by atoms with Crippen LogP contribution in [0.4, 0.5) is 5.69 Å². The molecule has 3 nitrogen and oxygen atoms in total. The van der Waals surface area contributed by atoms with E-state index in [1.54, 1.807) is 12.1 Å². The zero-order valence-electron chi connectivity index (χ0n) is 12.0. The highest BCUT2D eigenvalue weighted by molar-refractivity contribution is 6.62. The van der Waals surface area contributed by atoms with E-state index < -0.39 is 0 Å². The van der Waals surface area contributed by atoms with Crippen LogP contribution in [-0.4, -0.2) is 11.6 Å². The molecule has 2 aliphatic rings. The van der Waals surface area contributed by atoms with E-state index in [1.165, 1.54) is 50.4 Å². The molecule has 0 unspecified atom stereocenters. The SMILES string of the molecule is O=[N+]([O-])c1ccc(CCB2C3CCCC2CCC3)cc1. The summed E-state index contributed by atoms with van der Waals surface area (Å²) in [6.07, 6.45) is 10.9. The van der Waals surface area contributed by atoms with Gasteiger partial charge in [0, 0.05) is 12.1 Å². The molecular formula is C16H22BNO2. The zero-order valence-corrected chi connectivity index (χ0v) is 12.0.